The summed E-state index contributed by atoms with van der Waals surface area (Å²) in [5.74, 6) is 1.52. The van der Waals surface area contributed by atoms with E-state index in [1.54, 1.807) is 0 Å². The van der Waals surface area contributed by atoms with Crippen molar-refractivity contribution in [1.82, 2.24) is 5.32 Å². The third kappa shape index (κ3) is 4.34. The van der Waals surface area contributed by atoms with Crippen LogP contribution < -0.4 is 5.32 Å². The first-order chi connectivity index (χ1) is 9.47. The standard InChI is InChI=1S/C19H31N/c1-15(19(2,3)4)14-20-18-12-10-17(11-13-18)16-8-6-5-7-9-16/h5-9,15,17-18,20H,10-14H2,1-4H3. The summed E-state index contributed by atoms with van der Waals surface area (Å²) in [6.07, 6.45) is 5.34. The number of nitrogens with one attached hydrogen (secondary N) is 1. The number of hydrogen-bond acceptors (Lipinski definition) is 1. The zero-order valence-corrected chi connectivity index (χ0v) is 13.7. The molecule has 20 heavy (non-hydrogen) atoms. The molecule has 1 aromatic carbocycles. The average molecular weight is 273 g/mol. The maximum Gasteiger partial charge on any atom is 0.00676 e. The van der Waals surface area contributed by atoms with E-state index in [-0.39, 0.29) is 0 Å². The zero-order chi connectivity index (χ0) is 14.6. The molecule has 1 aliphatic rings. The predicted octanol–water partition coefficient (Wildman–Crippen LogP) is 4.98. The van der Waals surface area contributed by atoms with E-state index in [1.165, 1.54) is 31.2 Å². The molecule has 0 bridgehead atoms. The minimum absolute atomic E-state index is 0.411. The van der Waals surface area contributed by atoms with Crippen LogP contribution in [0.25, 0.3) is 0 Å². The molecule has 1 N–H and O–H groups in total. The molecule has 112 valence electrons. The quantitative estimate of drug-likeness (QED) is 0.815. The van der Waals surface area contributed by atoms with Gasteiger partial charge in [0, 0.05) is 6.04 Å². The normalized spacial score (nSPS) is 25.4. The minimum Gasteiger partial charge on any atom is -0.314 e. The summed E-state index contributed by atoms with van der Waals surface area (Å²) >= 11 is 0. The van der Waals surface area contributed by atoms with Gasteiger partial charge in [0.2, 0.25) is 0 Å². The van der Waals surface area contributed by atoms with Gasteiger partial charge in [0.1, 0.15) is 0 Å². The van der Waals surface area contributed by atoms with Gasteiger partial charge in [0.25, 0.3) is 0 Å². The Hall–Kier alpha value is -0.820. The molecule has 2 rings (SSSR count). The van der Waals surface area contributed by atoms with E-state index in [0.29, 0.717) is 5.41 Å². The summed E-state index contributed by atoms with van der Waals surface area (Å²) in [6.45, 7) is 10.5. The second-order valence-corrected chi connectivity index (χ2v) is 7.63. The minimum atomic E-state index is 0.411. The van der Waals surface area contributed by atoms with Gasteiger partial charge < -0.3 is 5.32 Å². The fourth-order valence-corrected chi connectivity index (χ4v) is 3.01. The highest BCUT2D eigenvalue weighted by Gasteiger charge is 2.24. The lowest BCUT2D eigenvalue weighted by atomic mass is 9.80. The Balaban J connectivity index is 1.75. The summed E-state index contributed by atoms with van der Waals surface area (Å²) in [4.78, 5) is 0. The Bertz CT molecular complexity index is 382. The highest BCUT2D eigenvalue weighted by atomic mass is 14.9. The Labute approximate surface area is 125 Å². The Morgan fingerprint density at radius 3 is 2.20 bits per heavy atom. The highest BCUT2D eigenvalue weighted by Crippen LogP contribution is 2.33. The second-order valence-electron chi connectivity index (χ2n) is 7.63. The zero-order valence-electron chi connectivity index (χ0n) is 13.7. The summed E-state index contributed by atoms with van der Waals surface area (Å²) in [7, 11) is 0. The highest BCUT2D eigenvalue weighted by molar-refractivity contribution is 5.20. The lowest BCUT2D eigenvalue weighted by Crippen LogP contribution is -2.38. The van der Waals surface area contributed by atoms with Gasteiger partial charge in [-0.2, -0.15) is 0 Å². The van der Waals surface area contributed by atoms with Crippen LogP contribution in [0.15, 0.2) is 30.3 Å². The van der Waals surface area contributed by atoms with Crippen molar-refractivity contribution in [1.29, 1.82) is 0 Å². The topological polar surface area (TPSA) is 12.0 Å². The molecule has 1 heteroatoms. The molecule has 1 aliphatic carbocycles. The third-order valence-electron chi connectivity index (χ3n) is 5.19. The molecule has 0 spiro atoms. The first-order valence-electron chi connectivity index (χ1n) is 8.25. The number of rotatable bonds is 4. The van der Waals surface area contributed by atoms with Crippen LogP contribution in [-0.4, -0.2) is 12.6 Å². The average Bonchev–Trinajstić information content (AvgIpc) is 2.45. The Kier molecular flexibility index (Phi) is 5.26. The van der Waals surface area contributed by atoms with Crippen molar-refractivity contribution in [2.24, 2.45) is 11.3 Å². The van der Waals surface area contributed by atoms with Crippen molar-refractivity contribution in [3.8, 4) is 0 Å². The van der Waals surface area contributed by atoms with Gasteiger partial charge in [-0.05, 0) is 55.0 Å². The van der Waals surface area contributed by atoms with Crippen LogP contribution in [0.5, 0.6) is 0 Å². The second kappa shape index (κ2) is 6.76. The van der Waals surface area contributed by atoms with Crippen LogP contribution in [0.1, 0.15) is 64.9 Å². The summed E-state index contributed by atoms with van der Waals surface area (Å²) in [5, 5.41) is 3.80. The van der Waals surface area contributed by atoms with E-state index >= 15 is 0 Å². The van der Waals surface area contributed by atoms with E-state index in [2.05, 4.69) is 63.3 Å². The largest absolute Gasteiger partial charge is 0.314 e. The summed E-state index contributed by atoms with van der Waals surface area (Å²) in [6, 6.07) is 11.8. The van der Waals surface area contributed by atoms with Crippen LogP contribution in [0.2, 0.25) is 0 Å². The fraction of sp³-hybridized carbons (Fsp3) is 0.684. The van der Waals surface area contributed by atoms with E-state index in [0.717, 1.165) is 24.4 Å². The molecule has 1 aromatic rings. The SMILES string of the molecule is CC(CNC1CCC(c2ccccc2)CC1)C(C)(C)C. The first-order valence-corrected chi connectivity index (χ1v) is 8.25. The van der Waals surface area contributed by atoms with Gasteiger partial charge in [-0.15, -0.1) is 0 Å². The van der Waals surface area contributed by atoms with Gasteiger partial charge in [-0.3, -0.25) is 0 Å². The van der Waals surface area contributed by atoms with Crippen molar-refractivity contribution >= 4 is 0 Å². The lowest BCUT2D eigenvalue weighted by Gasteiger charge is -2.33. The molecule has 0 amide bonds. The molecule has 0 radical (unpaired) electrons. The molecule has 1 nitrogen and oxygen atoms in total. The van der Waals surface area contributed by atoms with Gasteiger partial charge in [0.15, 0.2) is 0 Å². The van der Waals surface area contributed by atoms with Crippen LogP contribution >= 0.6 is 0 Å². The molecular weight excluding hydrogens is 242 g/mol. The van der Waals surface area contributed by atoms with Crippen LogP contribution in [0, 0.1) is 11.3 Å². The van der Waals surface area contributed by atoms with Crippen molar-refractivity contribution < 1.29 is 0 Å². The Morgan fingerprint density at radius 1 is 1.05 bits per heavy atom. The van der Waals surface area contributed by atoms with Gasteiger partial charge >= 0.3 is 0 Å². The molecule has 1 fully saturated rings. The van der Waals surface area contributed by atoms with Gasteiger partial charge in [0.05, 0.1) is 0 Å². The lowest BCUT2D eigenvalue weighted by molar-refractivity contribution is 0.232. The first kappa shape index (κ1) is 15.6. The molecule has 1 unspecified atom stereocenters. The molecule has 0 aromatic heterocycles. The van der Waals surface area contributed by atoms with Crippen molar-refractivity contribution in [2.45, 2.75) is 65.3 Å². The van der Waals surface area contributed by atoms with Crippen LogP contribution in [0.4, 0.5) is 0 Å². The Morgan fingerprint density at radius 2 is 1.65 bits per heavy atom. The van der Waals surface area contributed by atoms with Crippen molar-refractivity contribution in [2.75, 3.05) is 6.54 Å². The number of benzene rings is 1. The monoisotopic (exact) mass is 273 g/mol. The molecular formula is C19H31N. The molecule has 1 saturated carbocycles. The maximum atomic E-state index is 3.80. The maximum absolute atomic E-state index is 3.80. The van der Waals surface area contributed by atoms with E-state index in [4.69, 9.17) is 0 Å². The van der Waals surface area contributed by atoms with Crippen molar-refractivity contribution in [3.05, 3.63) is 35.9 Å². The predicted molar refractivity (Wildman–Crippen MR) is 88.1 cm³/mol. The third-order valence-corrected chi connectivity index (χ3v) is 5.19. The molecule has 0 saturated heterocycles. The van der Waals surface area contributed by atoms with Crippen LogP contribution in [-0.2, 0) is 0 Å². The van der Waals surface area contributed by atoms with E-state index in [1.807, 2.05) is 0 Å². The molecule has 1 atom stereocenters. The molecule has 0 aliphatic heterocycles. The van der Waals surface area contributed by atoms with Gasteiger partial charge in [-0.25, -0.2) is 0 Å². The summed E-state index contributed by atoms with van der Waals surface area (Å²) in [5.41, 5.74) is 1.95. The van der Waals surface area contributed by atoms with E-state index in [9.17, 15) is 0 Å². The smallest absolute Gasteiger partial charge is 0.00676 e. The van der Waals surface area contributed by atoms with Crippen molar-refractivity contribution in [3.63, 3.8) is 0 Å². The van der Waals surface area contributed by atoms with Crippen LogP contribution in [0.3, 0.4) is 0 Å². The fourth-order valence-electron chi connectivity index (χ4n) is 3.01. The molecule has 0 heterocycles. The summed E-state index contributed by atoms with van der Waals surface area (Å²) < 4.78 is 0. The van der Waals surface area contributed by atoms with E-state index < -0.39 is 0 Å². The van der Waals surface area contributed by atoms with Gasteiger partial charge in [-0.1, -0.05) is 58.0 Å². The number of hydrogen-bond donors (Lipinski definition) is 1.